The average molecular weight is 585 g/mol. The van der Waals surface area contributed by atoms with Crippen LogP contribution in [0.1, 0.15) is 0 Å². The second-order valence-corrected chi connectivity index (χ2v) is 12.1. The largest absolute Gasteiger partial charge is 0.309 e. The molecular formula is C44H28N2. The van der Waals surface area contributed by atoms with Gasteiger partial charge in [0.15, 0.2) is 0 Å². The van der Waals surface area contributed by atoms with Crippen molar-refractivity contribution in [3.63, 3.8) is 0 Å². The van der Waals surface area contributed by atoms with Crippen LogP contribution in [0.3, 0.4) is 0 Å². The first kappa shape index (κ1) is 25.2. The SMILES string of the molecule is c1ccc(-c2c3ccc(-c4ccc5c(c4)c4ccccc4n5-c4ccccc4)cc3n3c4ccccc4c4ccccc4c23)cc1. The first-order valence-electron chi connectivity index (χ1n) is 15.9. The third-order valence-corrected chi connectivity index (χ3v) is 9.67. The zero-order valence-corrected chi connectivity index (χ0v) is 25.1. The third kappa shape index (κ3) is 3.53. The van der Waals surface area contributed by atoms with E-state index in [0.29, 0.717) is 0 Å². The second-order valence-electron chi connectivity index (χ2n) is 12.1. The summed E-state index contributed by atoms with van der Waals surface area (Å²) < 4.78 is 4.88. The van der Waals surface area contributed by atoms with Gasteiger partial charge in [0, 0.05) is 38.2 Å². The normalized spacial score (nSPS) is 11.9. The summed E-state index contributed by atoms with van der Waals surface area (Å²) in [7, 11) is 0. The van der Waals surface area contributed by atoms with E-state index in [2.05, 4.69) is 179 Å². The van der Waals surface area contributed by atoms with Gasteiger partial charge in [-0.15, -0.1) is 0 Å². The molecule has 0 bridgehead atoms. The fraction of sp³-hybridized carbons (Fsp3) is 0. The van der Waals surface area contributed by atoms with Gasteiger partial charge in [-0.05, 0) is 64.5 Å². The summed E-state index contributed by atoms with van der Waals surface area (Å²) in [5, 5.41) is 7.61. The number of nitrogens with zero attached hydrogens (tertiary/aromatic N) is 2. The highest BCUT2D eigenvalue weighted by Gasteiger charge is 2.20. The summed E-state index contributed by atoms with van der Waals surface area (Å²) in [5.41, 5.74) is 12.3. The van der Waals surface area contributed by atoms with Crippen LogP contribution in [0.2, 0.25) is 0 Å². The van der Waals surface area contributed by atoms with Crippen molar-refractivity contribution in [2.75, 3.05) is 0 Å². The van der Waals surface area contributed by atoms with E-state index < -0.39 is 0 Å². The molecule has 7 aromatic carbocycles. The van der Waals surface area contributed by atoms with Crippen molar-refractivity contribution in [3.8, 4) is 27.9 Å². The maximum atomic E-state index is 2.50. The molecule has 10 rings (SSSR count). The smallest absolute Gasteiger partial charge is 0.0625 e. The topological polar surface area (TPSA) is 9.34 Å². The van der Waals surface area contributed by atoms with Gasteiger partial charge in [0.05, 0.1) is 27.6 Å². The van der Waals surface area contributed by atoms with E-state index >= 15 is 0 Å². The number of rotatable bonds is 3. The van der Waals surface area contributed by atoms with Crippen molar-refractivity contribution in [1.29, 1.82) is 0 Å². The first-order chi connectivity index (χ1) is 22.8. The summed E-state index contributed by atoms with van der Waals surface area (Å²) in [6.07, 6.45) is 0. The van der Waals surface area contributed by atoms with Crippen molar-refractivity contribution in [2.45, 2.75) is 0 Å². The summed E-state index contributed by atoms with van der Waals surface area (Å²) in [5.74, 6) is 0. The summed E-state index contributed by atoms with van der Waals surface area (Å²) >= 11 is 0. The van der Waals surface area contributed by atoms with Crippen LogP contribution in [0.15, 0.2) is 170 Å². The molecule has 214 valence electrons. The van der Waals surface area contributed by atoms with E-state index in [9.17, 15) is 0 Å². The fourth-order valence-electron chi connectivity index (χ4n) is 7.70. The van der Waals surface area contributed by atoms with Crippen LogP contribution in [0.25, 0.3) is 87.8 Å². The van der Waals surface area contributed by atoms with Gasteiger partial charge in [0.1, 0.15) is 0 Å². The Kier molecular flexibility index (Phi) is 5.31. The van der Waals surface area contributed by atoms with Crippen LogP contribution < -0.4 is 0 Å². The molecule has 0 N–H and O–H groups in total. The van der Waals surface area contributed by atoms with Crippen LogP contribution in [0, 0.1) is 0 Å². The van der Waals surface area contributed by atoms with E-state index in [0.717, 1.165) is 0 Å². The summed E-state index contributed by atoms with van der Waals surface area (Å²) in [6.45, 7) is 0. The van der Waals surface area contributed by atoms with Gasteiger partial charge in [-0.3, -0.25) is 0 Å². The van der Waals surface area contributed by atoms with E-state index in [1.165, 1.54) is 87.8 Å². The zero-order valence-electron chi connectivity index (χ0n) is 25.1. The number of para-hydroxylation sites is 3. The Labute approximate surface area is 266 Å². The number of benzene rings is 7. The highest BCUT2D eigenvalue weighted by molar-refractivity contribution is 6.22. The summed E-state index contributed by atoms with van der Waals surface area (Å²) in [6, 6.07) is 61.9. The molecular weight excluding hydrogens is 556 g/mol. The van der Waals surface area contributed by atoms with E-state index in [1.54, 1.807) is 0 Å². The van der Waals surface area contributed by atoms with Gasteiger partial charge in [0.2, 0.25) is 0 Å². The molecule has 2 nitrogen and oxygen atoms in total. The predicted octanol–water partition coefficient (Wildman–Crippen LogP) is 11.8. The minimum atomic E-state index is 1.18. The molecule has 0 spiro atoms. The fourth-order valence-corrected chi connectivity index (χ4v) is 7.70. The maximum Gasteiger partial charge on any atom is 0.0625 e. The van der Waals surface area contributed by atoms with Crippen LogP contribution in [-0.4, -0.2) is 8.97 Å². The Morgan fingerprint density at radius 1 is 0.304 bits per heavy atom. The monoisotopic (exact) mass is 584 g/mol. The van der Waals surface area contributed by atoms with E-state index in [-0.39, 0.29) is 0 Å². The number of hydrogen-bond acceptors (Lipinski definition) is 0. The van der Waals surface area contributed by atoms with Gasteiger partial charge in [0.25, 0.3) is 0 Å². The van der Waals surface area contributed by atoms with Gasteiger partial charge in [-0.2, -0.15) is 0 Å². The Bertz CT molecular complexity index is 2780. The molecule has 0 radical (unpaired) electrons. The van der Waals surface area contributed by atoms with Crippen molar-refractivity contribution in [2.24, 2.45) is 0 Å². The summed E-state index contributed by atoms with van der Waals surface area (Å²) in [4.78, 5) is 0. The lowest BCUT2D eigenvalue weighted by Gasteiger charge is -2.11. The molecule has 3 heterocycles. The highest BCUT2D eigenvalue weighted by atomic mass is 15.0. The average Bonchev–Trinajstić information content (AvgIpc) is 3.65. The Hall–Kier alpha value is -6.12. The second kappa shape index (κ2) is 9.69. The van der Waals surface area contributed by atoms with Crippen LogP contribution in [0.4, 0.5) is 0 Å². The maximum absolute atomic E-state index is 2.50. The molecule has 10 aromatic rings. The molecule has 3 aromatic heterocycles. The van der Waals surface area contributed by atoms with Gasteiger partial charge < -0.3 is 8.97 Å². The quantitative estimate of drug-likeness (QED) is 0.183. The molecule has 0 aliphatic carbocycles. The molecule has 0 amide bonds. The van der Waals surface area contributed by atoms with Crippen molar-refractivity contribution < 1.29 is 0 Å². The Morgan fingerprint density at radius 3 is 1.65 bits per heavy atom. The number of hydrogen-bond donors (Lipinski definition) is 0. The van der Waals surface area contributed by atoms with Crippen LogP contribution in [-0.2, 0) is 0 Å². The van der Waals surface area contributed by atoms with Crippen molar-refractivity contribution >= 4 is 59.9 Å². The van der Waals surface area contributed by atoms with Gasteiger partial charge in [-0.25, -0.2) is 0 Å². The predicted molar refractivity (Wildman–Crippen MR) is 195 cm³/mol. The molecule has 0 aliphatic rings. The standard InChI is InChI=1S/C44H28N2/c1-3-13-29(14-4-1)43-37-25-23-31(28-42(37)46-40-22-12-9-18-34(40)33-17-7-8-20-36(33)44(43)46)30-24-26-41-38(27-30)35-19-10-11-21-39(35)45(41)32-15-5-2-6-16-32/h1-28H. The lowest BCUT2D eigenvalue weighted by Crippen LogP contribution is -1.93. The Morgan fingerprint density at radius 2 is 0.870 bits per heavy atom. The van der Waals surface area contributed by atoms with Gasteiger partial charge in [-0.1, -0.05) is 127 Å². The lowest BCUT2D eigenvalue weighted by atomic mass is 9.97. The van der Waals surface area contributed by atoms with Crippen LogP contribution in [0.5, 0.6) is 0 Å². The number of pyridine rings is 1. The number of fused-ring (bicyclic) bond motifs is 11. The zero-order chi connectivity index (χ0) is 30.2. The Balaban J connectivity index is 1.29. The molecule has 0 fully saturated rings. The van der Waals surface area contributed by atoms with Crippen LogP contribution >= 0.6 is 0 Å². The van der Waals surface area contributed by atoms with E-state index in [1.807, 2.05) is 0 Å². The number of aromatic nitrogens is 2. The van der Waals surface area contributed by atoms with Crippen molar-refractivity contribution in [1.82, 2.24) is 8.97 Å². The molecule has 0 aliphatic heterocycles. The highest BCUT2D eigenvalue weighted by Crippen LogP contribution is 2.43. The van der Waals surface area contributed by atoms with Gasteiger partial charge >= 0.3 is 0 Å². The minimum absolute atomic E-state index is 1.18. The molecule has 2 heteroatoms. The molecule has 0 saturated carbocycles. The minimum Gasteiger partial charge on any atom is -0.309 e. The molecule has 0 atom stereocenters. The molecule has 46 heavy (non-hydrogen) atoms. The lowest BCUT2D eigenvalue weighted by molar-refractivity contribution is 1.18. The van der Waals surface area contributed by atoms with Crippen molar-refractivity contribution in [3.05, 3.63) is 170 Å². The van der Waals surface area contributed by atoms with E-state index in [4.69, 9.17) is 0 Å². The first-order valence-corrected chi connectivity index (χ1v) is 15.9. The molecule has 0 saturated heterocycles. The molecule has 0 unspecified atom stereocenters. The third-order valence-electron chi connectivity index (χ3n) is 9.67.